The van der Waals surface area contributed by atoms with Crippen molar-refractivity contribution >= 4 is 11.6 Å². The van der Waals surface area contributed by atoms with Crippen LogP contribution < -0.4 is 10.2 Å². The highest BCUT2D eigenvalue weighted by molar-refractivity contribution is 5.99. The third-order valence-corrected chi connectivity index (χ3v) is 4.92. The summed E-state index contributed by atoms with van der Waals surface area (Å²) < 4.78 is 10.8. The molecule has 7 nitrogen and oxygen atoms in total. The molecule has 2 aliphatic rings. The minimum Gasteiger partial charge on any atom is -0.371 e. The highest BCUT2D eigenvalue weighted by Crippen LogP contribution is 2.27. The number of nitrogens with one attached hydrogen (secondary N) is 1. The highest BCUT2D eigenvalue weighted by atomic mass is 16.5. The summed E-state index contributed by atoms with van der Waals surface area (Å²) in [7, 11) is 0. The van der Waals surface area contributed by atoms with Crippen molar-refractivity contribution in [1.82, 2.24) is 15.5 Å². The molecule has 1 N–H and O–H groups in total. The predicted molar refractivity (Wildman–Crippen MR) is 96.2 cm³/mol. The maximum Gasteiger partial charge on any atom is 0.255 e. The van der Waals surface area contributed by atoms with E-state index < -0.39 is 0 Å². The zero-order valence-corrected chi connectivity index (χ0v) is 14.8. The molecule has 0 bridgehead atoms. The number of carbonyl (C=O) groups excluding carboxylic acids is 1. The summed E-state index contributed by atoms with van der Waals surface area (Å²) >= 11 is 0. The first-order valence-electron chi connectivity index (χ1n) is 9.37. The van der Waals surface area contributed by atoms with Gasteiger partial charge in [0.1, 0.15) is 6.10 Å². The summed E-state index contributed by atoms with van der Waals surface area (Å²) in [6, 6.07) is 7.79. The Kier molecular flexibility index (Phi) is 5.15. The van der Waals surface area contributed by atoms with Crippen molar-refractivity contribution < 1.29 is 14.1 Å². The van der Waals surface area contributed by atoms with Crippen molar-refractivity contribution in [2.75, 3.05) is 31.1 Å². The fraction of sp³-hybridized carbons (Fsp3) is 0.526. The summed E-state index contributed by atoms with van der Waals surface area (Å²) in [5.74, 6) is 1.09. The van der Waals surface area contributed by atoms with Crippen LogP contribution in [0.3, 0.4) is 0 Å². The largest absolute Gasteiger partial charge is 0.371 e. The van der Waals surface area contributed by atoms with Gasteiger partial charge in [0.05, 0.1) is 5.56 Å². The summed E-state index contributed by atoms with van der Waals surface area (Å²) in [5.41, 5.74) is 1.74. The lowest BCUT2D eigenvalue weighted by molar-refractivity contribution is 0.0835. The normalized spacial score (nSPS) is 19.8. The van der Waals surface area contributed by atoms with Crippen LogP contribution in [0.5, 0.6) is 0 Å². The van der Waals surface area contributed by atoms with Crippen LogP contribution in [0.1, 0.15) is 53.9 Å². The molecular weight excluding hydrogens is 332 g/mol. The molecule has 1 aromatic carbocycles. The van der Waals surface area contributed by atoms with Gasteiger partial charge in [-0.1, -0.05) is 17.3 Å². The van der Waals surface area contributed by atoms with Gasteiger partial charge in [-0.3, -0.25) is 4.79 Å². The molecular formula is C19H24N4O3. The monoisotopic (exact) mass is 356 g/mol. The standard InChI is InChI=1S/C19H24N4O3/c24-18(14-6-1-2-7-15(14)23-11-3-4-12-23)20-10-9-17-21-19(26-22-17)16-8-5-13-25-16/h1-2,6-7,16H,3-5,8-13H2,(H,20,24)/t16-/m1/s1. The van der Waals surface area contributed by atoms with Gasteiger partial charge < -0.3 is 19.5 Å². The lowest BCUT2D eigenvalue weighted by Gasteiger charge is -2.20. The van der Waals surface area contributed by atoms with Gasteiger partial charge in [0, 0.05) is 38.3 Å². The molecule has 1 aromatic heterocycles. The van der Waals surface area contributed by atoms with Crippen LogP contribution in [0, 0.1) is 0 Å². The second kappa shape index (κ2) is 7.86. The molecule has 1 amide bonds. The van der Waals surface area contributed by atoms with Crippen molar-refractivity contribution in [3.63, 3.8) is 0 Å². The molecule has 0 unspecified atom stereocenters. The summed E-state index contributed by atoms with van der Waals surface area (Å²) in [4.78, 5) is 19.3. The van der Waals surface area contributed by atoms with Gasteiger partial charge in [-0.15, -0.1) is 0 Å². The molecule has 2 fully saturated rings. The number of amides is 1. The van der Waals surface area contributed by atoms with Crippen molar-refractivity contribution in [2.45, 2.75) is 38.2 Å². The van der Waals surface area contributed by atoms with E-state index in [1.165, 1.54) is 12.8 Å². The third-order valence-electron chi connectivity index (χ3n) is 4.92. The van der Waals surface area contributed by atoms with Crippen LogP contribution >= 0.6 is 0 Å². The smallest absolute Gasteiger partial charge is 0.255 e. The number of anilines is 1. The van der Waals surface area contributed by atoms with Gasteiger partial charge in [-0.2, -0.15) is 4.98 Å². The zero-order chi connectivity index (χ0) is 17.8. The molecule has 26 heavy (non-hydrogen) atoms. The maximum atomic E-state index is 12.6. The maximum absolute atomic E-state index is 12.6. The number of carbonyl (C=O) groups is 1. The first kappa shape index (κ1) is 17.0. The van der Waals surface area contributed by atoms with E-state index in [-0.39, 0.29) is 12.0 Å². The molecule has 2 aromatic rings. The Bertz CT molecular complexity index is 749. The van der Waals surface area contributed by atoms with Crippen LogP contribution in [0.15, 0.2) is 28.8 Å². The predicted octanol–water partition coefficient (Wildman–Crippen LogP) is 2.49. The Labute approximate surface area is 152 Å². The van der Waals surface area contributed by atoms with Crippen LogP contribution in [-0.2, 0) is 11.2 Å². The van der Waals surface area contributed by atoms with Gasteiger partial charge in [0.15, 0.2) is 5.82 Å². The SMILES string of the molecule is O=C(NCCc1noc([C@H]2CCCO2)n1)c1ccccc1N1CCCC1. The molecule has 1 atom stereocenters. The lowest BCUT2D eigenvalue weighted by atomic mass is 10.1. The molecule has 2 aliphatic heterocycles. The number of benzene rings is 1. The first-order chi connectivity index (χ1) is 12.8. The van der Waals surface area contributed by atoms with Crippen molar-refractivity contribution in [3.8, 4) is 0 Å². The number of hydrogen-bond donors (Lipinski definition) is 1. The van der Waals surface area contributed by atoms with Gasteiger partial charge >= 0.3 is 0 Å². The summed E-state index contributed by atoms with van der Waals surface area (Å²) in [6.07, 6.45) is 4.77. The minimum absolute atomic E-state index is 0.0599. The van der Waals surface area contributed by atoms with E-state index in [4.69, 9.17) is 9.26 Å². The van der Waals surface area contributed by atoms with Crippen LogP contribution in [0.2, 0.25) is 0 Å². The molecule has 2 saturated heterocycles. The quantitative estimate of drug-likeness (QED) is 0.856. The Balaban J connectivity index is 1.33. The van der Waals surface area contributed by atoms with Crippen LogP contribution in [0.4, 0.5) is 5.69 Å². The Hall–Kier alpha value is -2.41. The molecule has 4 rings (SSSR count). The number of hydrogen-bond acceptors (Lipinski definition) is 6. The van der Waals surface area contributed by atoms with E-state index in [0.717, 1.165) is 43.8 Å². The molecule has 3 heterocycles. The zero-order valence-electron chi connectivity index (χ0n) is 14.8. The molecule has 0 spiro atoms. The van der Waals surface area contributed by atoms with Crippen molar-refractivity contribution in [1.29, 1.82) is 0 Å². The van der Waals surface area contributed by atoms with E-state index in [1.807, 2.05) is 24.3 Å². The van der Waals surface area contributed by atoms with E-state index >= 15 is 0 Å². The number of nitrogens with zero attached hydrogens (tertiary/aromatic N) is 3. The summed E-state index contributed by atoms with van der Waals surface area (Å²) in [5, 5.41) is 6.96. The van der Waals surface area contributed by atoms with Gasteiger partial charge in [-0.05, 0) is 37.8 Å². The van der Waals surface area contributed by atoms with Crippen molar-refractivity contribution in [2.24, 2.45) is 0 Å². The van der Waals surface area contributed by atoms with Gasteiger partial charge in [0.2, 0.25) is 0 Å². The molecule has 0 aliphatic carbocycles. The molecule has 0 radical (unpaired) electrons. The number of aromatic nitrogens is 2. The number of ether oxygens (including phenoxy) is 1. The Morgan fingerprint density at radius 1 is 1.23 bits per heavy atom. The second-order valence-corrected chi connectivity index (χ2v) is 6.77. The van der Waals surface area contributed by atoms with Gasteiger partial charge in [-0.25, -0.2) is 0 Å². The summed E-state index contributed by atoms with van der Waals surface area (Å²) in [6.45, 7) is 3.24. The fourth-order valence-corrected chi connectivity index (χ4v) is 3.55. The highest BCUT2D eigenvalue weighted by Gasteiger charge is 2.24. The number of rotatable bonds is 6. The average molecular weight is 356 g/mol. The lowest BCUT2D eigenvalue weighted by Crippen LogP contribution is -2.29. The van der Waals surface area contributed by atoms with E-state index in [0.29, 0.717) is 24.7 Å². The first-order valence-corrected chi connectivity index (χ1v) is 9.37. The van der Waals surface area contributed by atoms with E-state index in [1.54, 1.807) is 0 Å². The van der Waals surface area contributed by atoms with Gasteiger partial charge in [0.25, 0.3) is 11.8 Å². The third kappa shape index (κ3) is 3.72. The molecule has 7 heteroatoms. The van der Waals surface area contributed by atoms with Crippen LogP contribution in [0.25, 0.3) is 0 Å². The average Bonchev–Trinajstić information content (AvgIpc) is 3.42. The fourth-order valence-electron chi connectivity index (χ4n) is 3.55. The number of para-hydroxylation sites is 1. The van der Waals surface area contributed by atoms with E-state index in [2.05, 4.69) is 20.4 Å². The Morgan fingerprint density at radius 3 is 2.88 bits per heavy atom. The Morgan fingerprint density at radius 2 is 2.08 bits per heavy atom. The molecule has 138 valence electrons. The van der Waals surface area contributed by atoms with Crippen LogP contribution in [-0.4, -0.2) is 42.3 Å². The topological polar surface area (TPSA) is 80.5 Å². The van der Waals surface area contributed by atoms with Crippen molar-refractivity contribution in [3.05, 3.63) is 41.5 Å². The second-order valence-electron chi connectivity index (χ2n) is 6.77. The van der Waals surface area contributed by atoms with E-state index in [9.17, 15) is 4.79 Å². The minimum atomic E-state index is -0.0711. The molecule has 0 saturated carbocycles.